The summed E-state index contributed by atoms with van der Waals surface area (Å²) < 4.78 is 5.21. The van der Waals surface area contributed by atoms with Gasteiger partial charge in [-0.2, -0.15) is 5.26 Å². The van der Waals surface area contributed by atoms with Crippen LogP contribution in [0.25, 0.3) is 0 Å². The molecule has 8 nitrogen and oxygen atoms in total. The molecule has 3 aliphatic heterocycles. The van der Waals surface area contributed by atoms with Crippen molar-refractivity contribution in [1.29, 1.82) is 5.26 Å². The van der Waals surface area contributed by atoms with Gasteiger partial charge in [0.2, 0.25) is 5.91 Å². The fourth-order valence-electron chi connectivity index (χ4n) is 5.83. The largest absolute Gasteiger partial charge is 0.379 e. The van der Waals surface area contributed by atoms with Crippen LogP contribution in [0.15, 0.2) is 66.7 Å². The maximum atomic E-state index is 13.3. The average molecular weight is 522 g/mol. The van der Waals surface area contributed by atoms with Crippen LogP contribution >= 0.6 is 0 Å². The number of nitrogens with one attached hydrogen (secondary N) is 1. The molecule has 2 amide bonds. The number of piperazine rings is 1. The normalized spacial score (nSPS) is 20.2. The zero-order valence-corrected chi connectivity index (χ0v) is 22.2. The van der Waals surface area contributed by atoms with E-state index in [1.807, 2.05) is 62.5 Å². The lowest BCUT2D eigenvalue weighted by atomic mass is 9.87. The number of anilines is 3. The Morgan fingerprint density at radius 1 is 0.974 bits per heavy atom. The summed E-state index contributed by atoms with van der Waals surface area (Å²) in [5.41, 5.74) is 5.31. The van der Waals surface area contributed by atoms with Gasteiger partial charge in [-0.25, -0.2) is 0 Å². The van der Waals surface area contributed by atoms with E-state index in [9.17, 15) is 14.9 Å². The van der Waals surface area contributed by atoms with E-state index in [1.165, 1.54) is 0 Å². The van der Waals surface area contributed by atoms with Gasteiger partial charge in [-0.05, 0) is 48.4 Å². The summed E-state index contributed by atoms with van der Waals surface area (Å²) in [6.45, 7) is 5.71. The maximum Gasteiger partial charge on any atom is 0.258 e. The van der Waals surface area contributed by atoms with E-state index < -0.39 is 5.41 Å². The molecule has 2 saturated heterocycles. The maximum absolute atomic E-state index is 13.3. The zero-order valence-electron chi connectivity index (χ0n) is 22.2. The second kappa shape index (κ2) is 9.84. The minimum atomic E-state index is -0.517. The van der Waals surface area contributed by atoms with Gasteiger partial charge < -0.3 is 19.9 Å². The smallest absolute Gasteiger partial charge is 0.258 e. The van der Waals surface area contributed by atoms with Gasteiger partial charge in [0.25, 0.3) is 5.91 Å². The van der Waals surface area contributed by atoms with Crippen molar-refractivity contribution in [2.45, 2.75) is 13.0 Å². The van der Waals surface area contributed by atoms with Crippen LogP contribution < -0.4 is 15.1 Å². The van der Waals surface area contributed by atoms with Crippen molar-refractivity contribution in [2.24, 2.45) is 5.41 Å². The van der Waals surface area contributed by atoms with Crippen molar-refractivity contribution in [1.82, 2.24) is 4.90 Å². The number of carbonyl (C=O) groups is 2. The monoisotopic (exact) mass is 521 g/mol. The zero-order chi connectivity index (χ0) is 27.1. The van der Waals surface area contributed by atoms with Gasteiger partial charge in [0.05, 0.1) is 35.9 Å². The van der Waals surface area contributed by atoms with E-state index in [4.69, 9.17) is 4.74 Å². The molecule has 0 spiro atoms. The van der Waals surface area contributed by atoms with Crippen LogP contribution in [0.1, 0.15) is 40.0 Å². The van der Waals surface area contributed by atoms with Gasteiger partial charge in [-0.3, -0.25) is 14.5 Å². The number of para-hydroxylation sites is 1. The number of benzene rings is 3. The Hall–Kier alpha value is -4.19. The van der Waals surface area contributed by atoms with E-state index in [-0.39, 0.29) is 17.9 Å². The van der Waals surface area contributed by atoms with Crippen LogP contribution in [0.2, 0.25) is 0 Å². The van der Waals surface area contributed by atoms with Gasteiger partial charge in [-0.1, -0.05) is 36.4 Å². The molecule has 0 bridgehead atoms. The second-order valence-corrected chi connectivity index (χ2v) is 10.8. The fourth-order valence-corrected chi connectivity index (χ4v) is 5.83. The first-order valence-corrected chi connectivity index (χ1v) is 13.3. The van der Waals surface area contributed by atoms with Crippen LogP contribution in [-0.2, 0) is 9.53 Å². The Kier molecular flexibility index (Phi) is 6.34. The summed E-state index contributed by atoms with van der Waals surface area (Å²) in [7, 11) is 1.84. The molecule has 3 heterocycles. The number of nitrogens with zero attached hydrogens (tertiary/aromatic N) is 4. The molecule has 3 aromatic carbocycles. The van der Waals surface area contributed by atoms with Gasteiger partial charge in [0.15, 0.2) is 0 Å². The van der Waals surface area contributed by atoms with Crippen LogP contribution in [0.4, 0.5) is 17.1 Å². The minimum Gasteiger partial charge on any atom is -0.379 e. The highest BCUT2D eigenvalue weighted by molar-refractivity contribution is 6.08. The number of carbonyl (C=O) groups excluding carboxylic acids is 2. The summed E-state index contributed by atoms with van der Waals surface area (Å²) >= 11 is 0. The predicted molar refractivity (Wildman–Crippen MR) is 150 cm³/mol. The number of hydrogen-bond donors (Lipinski definition) is 1. The third-order valence-electron chi connectivity index (χ3n) is 8.17. The van der Waals surface area contributed by atoms with E-state index in [2.05, 4.69) is 33.3 Å². The third kappa shape index (κ3) is 4.34. The molecule has 198 valence electrons. The van der Waals surface area contributed by atoms with Crippen LogP contribution in [0.3, 0.4) is 0 Å². The molecule has 1 atom stereocenters. The first-order chi connectivity index (χ1) is 18.9. The van der Waals surface area contributed by atoms with Crippen molar-refractivity contribution in [3.63, 3.8) is 0 Å². The van der Waals surface area contributed by atoms with Crippen molar-refractivity contribution in [2.75, 3.05) is 61.6 Å². The number of ether oxygens (including phenoxy) is 1. The highest BCUT2D eigenvalue weighted by Crippen LogP contribution is 2.41. The Morgan fingerprint density at radius 2 is 1.67 bits per heavy atom. The van der Waals surface area contributed by atoms with Crippen LogP contribution in [-0.4, -0.2) is 63.2 Å². The van der Waals surface area contributed by atoms with Crippen molar-refractivity contribution >= 4 is 28.9 Å². The Balaban J connectivity index is 1.24. The SMILES string of the molecule is CN1C(=O)c2ccccc2C(N2CCN(c3ccc(NC(=O)C4(C)COC4)cc3C#N)CC2)c2ccccc21. The molecular formula is C31H31N5O3. The standard InChI is InChI=1S/C31H31N5O3/c1-31(19-39-20-31)30(38)33-22-11-12-26(21(17-22)18-32)35-13-15-36(16-14-35)28-23-7-3-4-8-24(23)29(37)34(2)27-10-6-5-9-25(27)28/h3-12,17,28H,13-16,19-20H2,1-2H3,(H,33,38). The Bertz CT molecular complexity index is 1480. The van der Waals surface area contributed by atoms with E-state index >= 15 is 0 Å². The Labute approximate surface area is 228 Å². The van der Waals surface area contributed by atoms with Crippen LogP contribution in [0, 0.1) is 16.7 Å². The first-order valence-electron chi connectivity index (χ1n) is 13.3. The number of amides is 2. The van der Waals surface area contributed by atoms with E-state index in [0.717, 1.165) is 54.2 Å². The summed E-state index contributed by atoms with van der Waals surface area (Å²) in [5.74, 6) is -0.0871. The molecule has 6 rings (SSSR count). The molecule has 39 heavy (non-hydrogen) atoms. The molecule has 3 aliphatic rings. The topological polar surface area (TPSA) is 88.9 Å². The molecule has 2 fully saturated rings. The minimum absolute atomic E-state index is 0.00357. The molecule has 8 heteroatoms. The third-order valence-corrected chi connectivity index (χ3v) is 8.17. The first kappa shape index (κ1) is 25.1. The van der Waals surface area contributed by atoms with E-state index in [1.54, 1.807) is 11.0 Å². The second-order valence-electron chi connectivity index (χ2n) is 10.8. The van der Waals surface area contributed by atoms with Gasteiger partial charge in [0.1, 0.15) is 6.07 Å². The lowest BCUT2D eigenvalue weighted by molar-refractivity contribution is -0.151. The molecule has 3 aromatic rings. The number of fused-ring (bicyclic) bond motifs is 2. The lowest BCUT2D eigenvalue weighted by Crippen LogP contribution is -2.49. The summed E-state index contributed by atoms with van der Waals surface area (Å²) in [6, 6.07) is 23.9. The average Bonchev–Trinajstić information content (AvgIpc) is 3.04. The number of hydrogen-bond acceptors (Lipinski definition) is 6. The highest BCUT2D eigenvalue weighted by Gasteiger charge is 2.41. The summed E-state index contributed by atoms with van der Waals surface area (Å²) in [6.07, 6.45) is 0. The molecule has 0 radical (unpaired) electrons. The van der Waals surface area contributed by atoms with Crippen molar-refractivity contribution in [3.05, 3.63) is 89.0 Å². The summed E-state index contributed by atoms with van der Waals surface area (Å²) in [4.78, 5) is 32.4. The van der Waals surface area contributed by atoms with Gasteiger partial charge in [0, 0.05) is 50.2 Å². The number of rotatable bonds is 4. The highest BCUT2D eigenvalue weighted by atomic mass is 16.5. The van der Waals surface area contributed by atoms with Crippen LogP contribution in [0.5, 0.6) is 0 Å². The van der Waals surface area contributed by atoms with Gasteiger partial charge in [-0.15, -0.1) is 0 Å². The molecule has 0 aromatic heterocycles. The molecule has 0 aliphatic carbocycles. The van der Waals surface area contributed by atoms with Crippen molar-refractivity contribution in [3.8, 4) is 6.07 Å². The van der Waals surface area contributed by atoms with Crippen molar-refractivity contribution < 1.29 is 14.3 Å². The lowest BCUT2D eigenvalue weighted by Gasteiger charge is -2.41. The molecule has 1 N–H and O–H groups in total. The quantitative estimate of drug-likeness (QED) is 0.558. The fraction of sp³-hybridized carbons (Fsp3) is 0.323. The molecule has 0 saturated carbocycles. The van der Waals surface area contributed by atoms with Gasteiger partial charge >= 0.3 is 0 Å². The summed E-state index contributed by atoms with van der Waals surface area (Å²) in [5, 5.41) is 12.9. The predicted octanol–water partition coefficient (Wildman–Crippen LogP) is 4.03. The number of nitriles is 1. The molecular weight excluding hydrogens is 490 g/mol. The van der Waals surface area contributed by atoms with E-state index in [0.29, 0.717) is 24.5 Å². The molecule has 1 unspecified atom stereocenters. The Morgan fingerprint density at radius 3 is 2.36 bits per heavy atom.